The van der Waals surface area contributed by atoms with Gasteiger partial charge in [0.1, 0.15) is 0 Å². The van der Waals surface area contributed by atoms with Crippen LogP contribution in [-0.4, -0.2) is 0 Å². The van der Waals surface area contributed by atoms with Crippen LogP contribution < -0.4 is 4.90 Å². The highest BCUT2D eigenvalue weighted by Gasteiger charge is 2.38. The minimum absolute atomic E-state index is 0.135. The van der Waals surface area contributed by atoms with Crippen molar-refractivity contribution in [2.45, 2.75) is 19.3 Å². The minimum atomic E-state index is -0.135. The predicted molar refractivity (Wildman–Crippen MR) is 230 cm³/mol. The Kier molecular flexibility index (Phi) is 7.56. The summed E-state index contributed by atoms with van der Waals surface area (Å²) in [4.78, 5) is 2.43. The van der Waals surface area contributed by atoms with Crippen LogP contribution in [0.1, 0.15) is 25.0 Å². The quantitative estimate of drug-likeness (QED) is 0.168. The van der Waals surface area contributed by atoms with Crippen molar-refractivity contribution >= 4 is 38.6 Å². The fourth-order valence-electron chi connectivity index (χ4n) is 8.68. The van der Waals surface area contributed by atoms with Crippen LogP contribution in [0.2, 0.25) is 0 Å². The first kappa shape index (κ1) is 32.0. The summed E-state index contributed by atoms with van der Waals surface area (Å²) in [5, 5.41) is 5.02. The number of fused-ring (bicyclic) bond motifs is 5. The summed E-state index contributed by atoms with van der Waals surface area (Å²) in [5.41, 5.74) is 15.9. The van der Waals surface area contributed by atoms with E-state index in [9.17, 15) is 0 Å². The molecule has 1 heteroatoms. The van der Waals surface area contributed by atoms with Gasteiger partial charge in [-0.1, -0.05) is 166 Å². The van der Waals surface area contributed by atoms with Gasteiger partial charge in [-0.05, 0) is 126 Å². The van der Waals surface area contributed by atoms with Gasteiger partial charge in [0.2, 0.25) is 0 Å². The number of hydrogen-bond donors (Lipinski definition) is 0. The fourth-order valence-corrected chi connectivity index (χ4v) is 8.68. The Morgan fingerprint density at radius 1 is 0.315 bits per heavy atom. The third-order valence-electron chi connectivity index (χ3n) is 11.4. The van der Waals surface area contributed by atoms with Crippen molar-refractivity contribution in [2.24, 2.45) is 0 Å². The van der Waals surface area contributed by atoms with Gasteiger partial charge in [-0.25, -0.2) is 0 Å². The van der Waals surface area contributed by atoms with Crippen LogP contribution in [0.5, 0.6) is 0 Å². The van der Waals surface area contributed by atoms with E-state index in [1.54, 1.807) is 0 Å². The lowest BCUT2D eigenvalue weighted by Gasteiger charge is -2.29. The summed E-state index contributed by atoms with van der Waals surface area (Å²) < 4.78 is 0. The largest absolute Gasteiger partial charge is 0.310 e. The lowest BCUT2D eigenvalue weighted by atomic mass is 9.78. The number of hydrogen-bond acceptors (Lipinski definition) is 1. The molecule has 0 N–H and O–H groups in total. The first-order chi connectivity index (χ1) is 26.5. The molecule has 0 saturated heterocycles. The molecule has 9 aromatic rings. The van der Waals surface area contributed by atoms with Gasteiger partial charge < -0.3 is 4.90 Å². The Morgan fingerprint density at radius 3 is 1.35 bits per heavy atom. The van der Waals surface area contributed by atoms with Crippen LogP contribution in [0.4, 0.5) is 17.1 Å². The van der Waals surface area contributed by atoms with Gasteiger partial charge >= 0.3 is 0 Å². The molecular weight excluding hydrogens is 651 g/mol. The van der Waals surface area contributed by atoms with Crippen LogP contribution in [0, 0.1) is 0 Å². The van der Waals surface area contributed by atoms with Gasteiger partial charge in [0.25, 0.3) is 0 Å². The standard InChI is InChI=1S/C53H39N/c1-53(2)51-19-11-10-18-48(51)50-35-47(34-49(52(50)53)40-14-4-3-5-15-40)54(45-28-24-38(25-29-45)43-22-20-36-12-6-8-16-41(36)32-43)46-30-26-39(27-31-46)44-23-21-37-13-7-9-17-42(37)33-44/h3-35H,1-2H3. The van der Waals surface area contributed by atoms with Gasteiger partial charge in [-0.2, -0.15) is 0 Å². The fraction of sp³-hybridized carbons (Fsp3) is 0.0566. The summed E-state index contributed by atoms with van der Waals surface area (Å²) in [6.07, 6.45) is 0. The van der Waals surface area contributed by atoms with Crippen molar-refractivity contribution in [1.29, 1.82) is 0 Å². The van der Waals surface area contributed by atoms with Crippen molar-refractivity contribution in [3.63, 3.8) is 0 Å². The Morgan fingerprint density at radius 2 is 0.778 bits per heavy atom. The number of anilines is 3. The van der Waals surface area contributed by atoms with E-state index in [2.05, 4.69) is 219 Å². The van der Waals surface area contributed by atoms with E-state index in [0.717, 1.165) is 17.1 Å². The Labute approximate surface area is 317 Å². The highest BCUT2D eigenvalue weighted by molar-refractivity contribution is 5.94. The van der Waals surface area contributed by atoms with E-state index in [0.29, 0.717) is 0 Å². The molecule has 0 spiro atoms. The Balaban J connectivity index is 1.14. The maximum Gasteiger partial charge on any atom is 0.0474 e. The van der Waals surface area contributed by atoms with Crippen LogP contribution in [0.15, 0.2) is 200 Å². The van der Waals surface area contributed by atoms with Crippen molar-refractivity contribution in [1.82, 2.24) is 0 Å². The molecule has 1 aliphatic carbocycles. The molecule has 0 amide bonds. The van der Waals surface area contributed by atoms with Gasteiger partial charge in [0.05, 0.1) is 0 Å². The molecule has 0 aliphatic heterocycles. The molecule has 0 aromatic heterocycles. The van der Waals surface area contributed by atoms with Gasteiger partial charge in [0, 0.05) is 22.5 Å². The summed E-state index contributed by atoms with van der Waals surface area (Å²) in [6.45, 7) is 4.75. The van der Waals surface area contributed by atoms with Crippen LogP contribution in [0.3, 0.4) is 0 Å². The van der Waals surface area contributed by atoms with Crippen molar-refractivity contribution in [3.8, 4) is 44.5 Å². The topological polar surface area (TPSA) is 3.24 Å². The van der Waals surface area contributed by atoms with E-state index >= 15 is 0 Å². The van der Waals surface area contributed by atoms with E-state index in [1.807, 2.05) is 0 Å². The molecule has 256 valence electrons. The number of benzene rings is 9. The Bertz CT molecular complexity index is 2710. The average molecular weight is 690 g/mol. The van der Waals surface area contributed by atoms with Gasteiger partial charge in [-0.3, -0.25) is 0 Å². The molecule has 54 heavy (non-hydrogen) atoms. The SMILES string of the molecule is CC1(C)c2ccccc2-c2cc(N(c3ccc(-c4ccc5ccccc5c4)cc3)c3ccc(-c4ccc5ccccc5c4)cc3)cc(-c3ccccc3)c21. The molecule has 0 fully saturated rings. The highest BCUT2D eigenvalue weighted by atomic mass is 15.1. The van der Waals surface area contributed by atoms with Crippen LogP contribution in [-0.2, 0) is 5.41 Å². The van der Waals surface area contributed by atoms with Crippen molar-refractivity contribution in [3.05, 3.63) is 211 Å². The zero-order valence-corrected chi connectivity index (χ0v) is 30.5. The van der Waals surface area contributed by atoms with Gasteiger partial charge in [0.15, 0.2) is 0 Å². The molecule has 0 saturated carbocycles. The second kappa shape index (κ2) is 12.8. The second-order valence-corrected chi connectivity index (χ2v) is 15.0. The third-order valence-corrected chi connectivity index (χ3v) is 11.4. The normalized spacial score (nSPS) is 12.8. The molecule has 0 unspecified atom stereocenters. The molecule has 9 aromatic carbocycles. The molecule has 0 heterocycles. The summed E-state index contributed by atoms with van der Waals surface area (Å²) in [5.74, 6) is 0. The maximum absolute atomic E-state index is 2.43. The van der Waals surface area contributed by atoms with Crippen molar-refractivity contribution in [2.75, 3.05) is 4.90 Å². The molecule has 0 bridgehead atoms. The molecule has 0 atom stereocenters. The van der Waals surface area contributed by atoms with E-state index in [-0.39, 0.29) is 5.41 Å². The van der Waals surface area contributed by atoms with Gasteiger partial charge in [-0.15, -0.1) is 0 Å². The van der Waals surface area contributed by atoms with Crippen LogP contribution in [0.25, 0.3) is 66.1 Å². The highest BCUT2D eigenvalue weighted by Crippen LogP contribution is 2.54. The molecular formula is C53H39N. The Hall–Kier alpha value is -6.70. The smallest absolute Gasteiger partial charge is 0.0474 e. The number of rotatable bonds is 6. The lowest BCUT2D eigenvalue weighted by molar-refractivity contribution is 0.662. The van der Waals surface area contributed by atoms with Crippen LogP contribution >= 0.6 is 0 Å². The van der Waals surface area contributed by atoms with E-state index in [4.69, 9.17) is 0 Å². The zero-order valence-electron chi connectivity index (χ0n) is 30.5. The predicted octanol–water partition coefficient (Wildman–Crippen LogP) is 14.8. The van der Waals surface area contributed by atoms with E-state index in [1.165, 1.54) is 77.2 Å². The molecule has 1 aliphatic rings. The average Bonchev–Trinajstić information content (AvgIpc) is 3.47. The van der Waals surface area contributed by atoms with Crippen molar-refractivity contribution < 1.29 is 0 Å². The summed E-state index contributed by atoms with van der Waals surface area (Å²) >= 11 is 0. The number of nitrogens with zero attached hydrogens (tertiary/aromatic N) is 1. The minimum Gasteiger partial charge on any atom is -0.310 e. The summed E-state index contributed by atoms with van der Waals surface area (Å²) in [7, 11) is 0. The first-order valence-electron chi connectivity index (χ1n) is 18.8. The molecule has 10 rings (SSSR count). The summed E-state index contributed by atoms with van der Waals surface area (Å²) in [6, 6.07) is 73.5. The first-order valence-corrected chi connectivity index (χ1v) is 18.8. The van der Waals surface area contributed by atoms with E-state index < -0.39 is 0 Å². The zero-order chi connectivity index (χ0) is 36.2. The molecule has 0 radical (unpaired) electrons. The maximum atomic E-state index is 2.43. The monoisotopic (exact) mass is 689 g/mol. The molecule has 1 nitrogen and oxygen atoms in total. The lowest BCUT2D eigenvalue weighted by Crippen LogP contribution is -2.17. The second-order valence-electron chi connectivity index (χ2n) is 15.0. The third kappa shape index (κ3) is 5.40.